The first-order valence-corrected chi connectivity index (χ1v) is 21.6. The zero-order chi connectivity index (χ0) is 42.7. The van der Waals surface area contributed by atoms with Crippen LogP contribution in [0.4, 0.5) is 5.82 Å². The van der Waals surface area contributed by atoms with E-state index < -0.39 is 57.7 Å². The second-order valence-electron chi connectivity index (χ2n) is 15.2. The standard InChI is InChI=1S/C21H36N4O2.C17H24N5O9P/c1-15-20(27)19(16(14-26)12-22-15)13-23-21(24-17-8-4-2-5-9-17)25-18-10-6-3-7-11-18;1-8-13(24)10(9(6-23)4-19-8)5-20-32(28,29)30-7-11-14(25)15(26)16(31-11)22-3-2-12(18)21-17(22)27/h12,17-18,21,23-27H,2-11,13-14H2,1H3;2-4,11,14-16,23-26H,5-7H2,1H3,(H2,18,21,27)(H2,20,28,29)/p-1. The number of hydrogen-bond acceptors (Lipinski definition) is 18. The molecule has 21 heteroatoms. The van der Waals surface area contributed by atoms with Gasteiger partial charge in [-0.3, -0.25) is 40.1 Å². The Labute approximate surface area is 342 Å². The van der Waals surface area contributed by atoms with E-state index in [2.05, 4.69) is 36.0 Å². The van der Waals surface area contributed by atoms with Crippen molar-refractivity contribution in [3.8, 4) is 11.5 Å². The largest absolute Gasteiger partial charge is 0.766 e. The van der Waals surface area contributed by atoms with Crippen molar-refractivity contribution in [1.29, 1.82) is 0 Å². The lowest BCUT2D eigenvalue weighted by molar-refractivity contribution is -0.205. The molecule has 0 amide bonds. The Morgan fingerprint density at radius 1 is 0.898 bits per heavy atom. The van der Waals surface area contributed by atoms with Crippen LogP contribution in [0.5, 0.6) is 11.5 Å². The topological polar surface area (TPSA) is 315 Å². The first kappa shape index (κ1) is 46.4. The number of nitrogens with one attached hydrogen (secondary N) is 4. The van der Waals surface area contributed by atoms with Gasteiger partial charge in [-0.25, -0.2) is 4.79 Å². The number of hydrogen-bond donors (Lipinski definition) is 11. The van der Waals surface area contributed by atoms with Crippen LogP contribution in [0.25, 0.3) is 0 Å². The van der Waals surface area contributed by atoms with E-state index in [1.165, 1.54) is 89.6 Å². The van der Waals surface area contributed by atoms with Gasteiger partial charge in [0.25, 0.3) is 0 Å². The fourth-order valence-corrected chi connectivity index (χ4v) is 8.31. The molecule has 20 nitrogen and oxygen atoms in total. The molecule has 3 aromatic rings. The maximum absolute atomic E-state index is 12.2. The van der Waals surface area contributed by atoms with Crippen molar-refractivity contribution in [1.82, 2.24) is 40.6 Å². The summed E-state index contributed by atoms with van der Waals surface area (Å²) in [5.41, 5.74) is 7.21. The highest BCUT2D eigenvalue weighted by Gasteiger charge is 2.44. The summed E-state index contributed by atoms with van der Waals surface area (Å²) in [4.78, 5) is 35.7. The second kappa shape index (κ2) is 21.8. The third kappa shape index (κ3) is 12.7. The van der Waals surface area contributed by atoms with E-state index in [-0.39, 0.29) is 47.0 Å². The van der Waals surface area contributed by atoms with Crippen LogP contribution < -0.4 is 37.4 Å². The van der Waals surface area contributed by atoms with Gasteiger partial charge in [0, 0.05) is 66.0 Å². The Morgan fingerprint density at radius 2 is 1.42 bits per heavy atom. The smallest absolute Gasteiger partial charge is 0.351 e. The highest BCUT2D eigenvalue weighted by atomic mass is 31.2. The van der Waals surface area contributed by atoms with Crippen molar-refractivity contribution < 1.29 is 49.4 Å². The third-order valence-corrected chi connectivity index (χ3v) is 12.1. The molecular weight excluding hydrogens is 789 g/mol. The third-order valence-electron chi connectivity index (χ3n) is 11.0. The highest BCUT2D eigenvalue weighted by molar-refractivity contribution is 7.49. The van der Waals surface area contributed by atoms with E-state index in [9.17, 15) is 44.9 Å². The van der Waals surface area contributed by atoms with Crippen LogP contribution in [0.2, 0.25) is 0 Å². The molecule has 1 saturated heterocycles. The predicted molar refractivity (Wildman–Crippen MR) is 213 cm³/mol. The van der Waals surface area contributed by atoms with Crippen LogP contribution in [-0.2, 0) is 40.1 Å². The van der Waals surface area contributed by atoms with E-state index in [0.29, 0.717) is 29.9 Å². The summed E-state index contributed by atoms with van der Waals surface area (Å²) >= 11 is 0. The molecule has 0 spiro atoms. The molecule has 4 heterocycles. The molecule has 2 saturated carbocycles. The van der Waals surface area contributed by atoms with Crippen molar-refractivity contribution in [2.75, 3.05) is 12.3 Å². The number of aliphatic hydroxyl groups excluding tert-OH is 4. The van der Waals surface area contributed by atoms with E-state index in [4.69, 9.17) is 15.0 Å². The van der Waals surface area contributed by atoms with Crippen molar-refractivity contribution in [2.24, 2.45) is 0 Å². The average Bonchev–Trinajstić information content (AvgIpc) is 3.50. The molecule has 3 aromatic heterocycles. The molecule has 0 bridgehead atoms. The number of nitrogen functional groups attached to an aromatic ring is 1. The number of aliphatic hydroxyl groups is 4. The molecule has 0 radical (unpaired) electrons. The first-order chi connectivity index (χ1) is 28.2. The van der Waals surface area contributed by atoms with Crippen molar-refractivity contribution in [2.45, 2.75) is 147 Å². The lowest BCUT2D eigenvalue weighted by atomic mass is 9.94. The summed E-state index contributed by atoms with van der Waals surface area (Å²) in [5, 5.41) is 73.0. The molecule has 59 heavy (non-hydrogen) atoms. The quantitative estimate of drug-likeness (QED) is 0.0688. The van der Waals surface area contributed by atoms with Gasteiger partial charge in [-0.15, -0.1) is 0 Å². The van der Waals surface area contributed by atoms with Gasteiger partial charge < -0.3 is 50.5 Å². The first-order valence-electron chi connectivity index (χ1n) is 20.1. The molecule has 3 fully saturated rings. The van der Waals surface area contributed by atoms with Gasteiger partial charge in [0.2, 0.25) is 7.75 Å². The number of pyridine rings is 2. The van der Waals surface area contributed by atoms with Gasteiger partial charge in [0.05, 0.1) is 31.2 Å². The highest BCUT2D eigenvalue weighted by Crippen LogP contribution is 2.37. The SMILES string of the molecule is Cc1ncc(CO)c(CNC(NC2CCCCC2)NC2CCCCC2)c1O.Cc1ncc(CO)c(CNP(=O)([O-])OCC2OC(n3ccc(N)nc3=O)C(O)C2O)c1O. The summed E-state index contributed by atoms with van der Waals surface area (Å²) in [6, 6.07) is 2.37. The summed E-state index contributed by atoms with van der Waals surface area (Å²) in [7, 11) is -4.71. The predicted octanol–water partition coefficient (Wildman–Crippen LogP) is 0.427. The van der Waals surface area contributed by atoms with Gasteiger partial charge in [0.1, 0.15) is 41.9 Å². The van der Waals surface area contributed by atoms with Gasteiger partial charge in [-0.05, 0) is 45.6 Å². The second-order valence-corrected chi connectivity index (χ2v) is 16.8. The molecule has 0 aromatic carbocycles. The minimum absolute atomic E-state index is 0.00983. The van der Waals surface area contributed by atoms with E-state index in [1.54, 1.807) is 13.1 Å². The number of aromatic hydroxyl groups is 2. The molecular formula is C38H59N9O11P-. The van der Waals surface area contributed by atoms with Crippen LogP contribution in [0.3, 0.4) is 0 Å². The molecule has 2 aliphatic carbocycles. The minimum atomic E-state index is -4.71. The zero-order valence-electron chi connectivity index (χ0n) is 33.5. The van der Waals surface area contributed by atoms with Gasteiger partial charge in [0.15, 0.2) is 6.23 Å². The number of nitrogens with two attached hydrogens (primary N) is 1. The van der Waals surface area contributed by atoms with Crippen molar-refractivity contribution in [3.05, 3.63) is 68.8 Å². The molecule has 6 rings (SSSR count). The Balaban J connectivity index is 0.000000227. The fourth-order valence-electron chi connectivity index (χ4n) is 7.52. The molecule has 3 aliphatic rings. The van der Waals surface area contributed by atoms with E-state index >= 15 is 0 Å². The summed E-state index contributed by atoms with van der Waals surface area (Å²) in [6.45, 7) is 2.14. The summed E-state index contributed by atoms with van der Waals surface area (Å²) < 4.78 is 23.4. The van der Waals surface area contributed by atoms with Crippen molar-refractivity contribution in [3.63, 3.8) is 0 Å². The maximum atomic E-state index is 12.2. The van der Waals surface area contributed by atoms with Crippen LogP contribution in [0, 0.1) is 13.8 Å². The Morgan fingerprint density at radius 3 is 1.93 bits per heavy atom. The summed E-state index contributed by atoms with van der Waals surface area (Å²) in [5.74, 6) is -0.132. The number of rotatable bonds is 16. The average molecular weight is 849 g/mol. The Kier molecular flexibility index (Phi) is 17.1. The monoisotopic (exact) mass is 848 g/mol. The van der Waals surface area contributed by atoms with E-state index in [1.807, 2.05) is 0 Å². The van der Waals surface area contributed by atoms with Gasteiger partial charge in [-0.1, -0.05) is 38.5 Å². The number of aryl methyl sites for hydroxylation is 2. The Bertz CT molecular complexity index is 1910. The van der Waals surface area contributed by atoms with Gasteiger partial charge in [-0.2, -0.15) is 4.98 Å². The van der Waals surface area contributed by atoms with Crippen LogP contribution >= 0.6 is 7.75 Å². The maximum Gasteiger partial charge on any atom is 0.351 e. The number of anilines is 1. The summed E-state index contributed by atoms with van der Waals surface area (Å²) in [6.07, 6.45) is 11.3. The minimum Gasteiger partial charge on any atom is -0.766 e. The van der Waals surface area contributed by atoms with Crippen LogP contribution in [0.1, 0.15) is 104 Å². The van der Waals surface area contributed by atoms with E-state index in [0.717, 1.165) is 10.1 Å². The normalized spacial score (nSPS) is 22.6. The molecule has 5 unspecified atom stereocenters. The number of nitrogens with zero attached hydrogens (tertiary/aromatic N) is 4. The van der Waals surface area contributed by atoms with Crippen LogP contribution in [-0.4, -0.2) is 93.5 Å². The number of ether oxygens (including phenoxy) is 1. The Hall–Kier alpha value is -3.63. The lowest BCUT2D eigenvalue weighted by Crippen LogP contribution is -2.59. The molecule has 12 N–H and O–H groups in total. The van der Waals surface area contributed by atoms with Crippen LogP contribution in [0.15, 0.2) is 29.5 Å². The molecule has 5 atom stereocenters. The fraction of sp³-hybridized carbons (Fsp3) is 0.632. The number of aromatic nitrogens is 4. The zero-order valence-corrected chi connectivity index (χ0v) is 34.4. The molecule has 1 aliphatic heterocycles. The van der Waals surface area contributed by atoms with Crippen molar-refractivity contribution >= 4 is 13.6 Å². The molecule has 328 valence electrons. The van der Waals surface area contributed by atoms with Gasteiger partial charge >= 0.3 is 5.69 Å². The lowest BCUT2D eigenvalue weighted by Gasteiger charge is -2.34.